The first-order valence-electron chi connectivity index (χ1n) is 15.0. The number of fused-ring (bicyclic) bond motifs is 2. The predicted octanol–water partition coefficient (Wildman–Crippen LogP) is 5.10. The Bertz CT molecular complexity index is 1880. The number of nitrogens with zero attached hydrogens (tertiary/aromatic N) is 2. The number of amides is 2. The molecule has 0 spiro atoms. The van der Waals surface area contributed by atoms with E-state index in [-0.39, 0.29) is 30.9 Å². The fraction of sp³-hybridized carbons (Fsp3) is 0.353. The number of carbonyl (C=O) groups excluding carboxylic acids is 2. The summed E-state index contributed by atoms with van der Waals surface area (Å²) in [6.45, 7) is 3.35. The maximum absolute atomic E-state index is 13.8. The summed E-state index contributed by atoms with van der Waals surface area (Å²) in [6, 6.07) is 12.5. The van der Waals surface area contributed by atoms with Crippen LogP contribution in [0.5, 0.6) is 11.5 Å². The predicted molar refractivity (Wildman–Crippen MR) is 166 cm³/mol. The van der Waals surface area contributed by atoms with Gasteiger partial charge in [0.1, 0.15) is 46.1 Å². The van der Waals surface area contributed by atoms with Crippen LogP contribution < -0.4 is 20.5 Å². The van der Waals surface area contributed by atoms with Crippen LogP contribution in [0.4, 0.5) is 4.39 Å². The highest BCUT2D eigenvalue weighted by atomic mass is 35.5. The van der Waals surface area contributed by atoms with Gasteiger partial charge in [0.05, 0.1) is 29.1 Å². The Morgan fingerprint density at radius 3 is 2.56 bits per heavy atom. The number of nitrogens with one attached hydrogen (secondary N) is 1. The second kappa shape index (κ2) is 10.7. The van der Waals surface area contributed by atoms with E-state index in [0.29, 0.717) is 55.5 Å². The number of rotatable bonds is 9. The van der Waals surface area contributed by atoms with Crippen LogP contribution in [0.2, 0.25) is 5.02 Å². The number of halogens is 2. The van der Waals surface area contributed by atoms with Crippen LogP contribution in [0.1, 0.15) is 59.9 Å². The number of hydrogen-bond donors (Lipinski definition) is 3. The molecule has 0 radical (unpaired) electrons. The summed E-state index contributed by atoms with van der Waals surface area (Å²) in [4.78, 5) is 35.7. The minimum atomic E-state index is -1.58. The van der Waals surface area contributed by atoms with Gasteiger partial charge in [-0.1, -0.05) is 11.6 Å². The quantitative estimate of drug-likeness (QED) is 0.234. The third-order valence-electron chi connectivity index (χ3n) is 9.04. The minimum Gasteiger partial charge on any atom is -0.489 e. The van der Waals surface area contributed by atoms with Gasteiger partial charge in [0, 0.05) is 22.1 Å². The first-order valence-corrected chi connectivity index (χ1v) is 15.4. The van der Waals surface area contributed by atoms with Gasteiger partial charge in [-0.2, -0.15) is 0 Å². The van der Waals surface area contributed by atoms with E-state index in [1.807, 2.05) is 6.92 Å². The Hall–Kier alpha value is -4.28. The van der Waals surface area contributed by atoms with E-state index in [0.717, 1.165) is 25.7 Å². The van der Waals surface area contributed by atoms with Gasteiger partial charge in [0.25, 0.3) is 5.91 Å². The molecule has 2 amide bonds. The van der Waals surface area contributed by atoms with E-state index in [2.05, 4.69) is 10.3 Å². The second-order valence-electron chi connectivity index (χ2n) is 12.5. The highest BCUT2D eigenvalue weighted by Gasteiger charge is 2.50. The highest BCUT2D eigenvalue weighted by Crippen LogP contribution is 2.50. The molecule has 9 nitrogen and oxygen atoms in total. The van der Waals surface area contributed by atoms with Gasteiger partial charge in [0.15, 0.2) is 0 Å². The van der Waals surface area contributed by atoms with Gasteiger partial charge in [0.2, 0.25) is 5.91 Å². The molecule has 7 rings (SSSR count). The van der Waals surface area contributed by atoms with Gasteiger partial charge >= 0.3 is 0 Å². The number of pyridine rings is 2. The number of carbonyl (C=O) groups is 2. The van der Waals surface area contributed by atoms with Gasteiger partial charge in [-0.05, 0) is 94.0 Å². The summed E-state index contributed by atoms with van der Waals surface area (Å²) in [6.07, 6.45) is 3.40. The Morgan fingerprint density at radius 1 is 1.16 bits per heavy atom. The summed E-state index contributed by atoms with van der Waals surface area (Å²) in [5.41, 5.74) is 6.36. The van der Waals surface area contributed by atoms with Crippen LogP contribution in [0, 0.1) is 18.7 Å². The molecule has 0 saturated heterocycles. The standard InChI is InChI=1S/C34H32ClFN4O5/c1-17-25(35)12-19-11-20(13-26(28(19)39-17)45-23-9-10-23)31(41)38-15-34(43,21-5-6-21)27-14-24-30(44-16-33(24,2)32(37)42)29(40-27)18-3-7-22(36)8-4-18/h3-4,7-8,11-14,21,23,43H,5-6,9-10,15-16H2,1-2H3,(H2,37,42)(H,38,41)/t33-,34+/m0/s1. The first-order chi connectivity index (χ1) is 21.5. The van der Waals surface area contributed by atoms with Crippen molar-refractivity contribution in [2.45, 2.75) is 56.7 Å². The summed E-state index contributed by atoms with van der Waals surface area (Å²) in [7, 11) is 0. The average Bonchev–Trinajstić information content (AvgIpc) is 3.96. The molecule has 3 heterocycles. The van der Waals surface area contributed by atoms with Gasteiger partial charge < -0.3 is 25.6 Å². The van der Waals surface area contributed by atoms with E-state index in [4.69, 9.17) is 31.8 Å². The summed E-state index contributed by atoms with van der Waals surface area (Å²) < 4.78 is 25.9. The zero-order valence-corrected chi connectivity index (χ0v) is 25.6. The number of ether oxygens (including phenoxy) is 2. The van der Waals surface area contributed by atoms with Gasteiger partial charge in [-0.3, -0.25) is 9.59 Å². The normalized spacial score (nSPS) is 20.3. The largest absolute Gasteiger partial charge is 0.489 e. The van der Waals surface area contributed by atoms with Crippen molar-refractivity contribution >= 4 is 34.3 Å². The molecule has 4 aromatic rings. The number of hydrogen-bond acceptors (Lipinski definition) is 7. The zero-order chi connectivity index (χ0) is 31.7. The van der Waals surface area contributed by atoms with Gasteiger partial charge in [-0.15, -0.1) is 0 Å². The third-order valence-corrected chi connectivity index (χ3v) is 9.42. The SMILES string of the molecule is Cc1nc2c(OC3CC3)cc(C(=O)NC[C@](O)(c3cc4c(c(-c5ccc(F)cc5)n3)OC[C@]4(C)C(N)=O)C3CC3)cc2cc1Cl. The van der Waals surface area contributed by atoms with Crippen LogP contribution in [0.3, 0.4) is 0 Å². The molecule has 0 unspecified atom stereocenters. The van der Waals surface area contributed by atoms with Crippen molar-refractivity contribution in [1.29, 1.82) is 0 Å². The minimum absolute atomic E-state index is 0.00120. The molecule has 11 heteroatoms. The maximum Gasteiger partial charge on any atom is 0.251 e. The molecule has 232 valence electrons. The molecular weight excluding hydrogens is 599 g/mol. The van der Waals surface area contributed by atoms with Crippen molar-refractivity contribution in [2.75, 3.05) is 13.2 Å². The molecule has 45 heavy (non-hydrogen) atoms. The average molecular weight is 631 g/mol. The van der Waals surface area contributed by atoms with Crippen LogP contribution in [-0.2, 0) is 15.8 Å². The summed E-state index contributed by atoms with van der Waals surface area (Å²) in [5, 5.41) is 16.3. The van der Waals surface area contributed by atoms with Crippen molar-refractivity contribution in [3.63, 3.8) is 0 Å². The molecule has 2 saturated carbocycles. The molecule has 0 bridgehead atoms. The lowest BCUT2D eigenvalue weighted by atomic mass is 9.81. The van der Waals surface area contributed by atoms with E-state index in [1.165, 1.54) is 12.1 Å². The van der Waals surface area contributed by atoms with Crippen molar-refractivity contribution in [3.8, 4) is 22.8 Å². The number of primary amides is 1. The van der Waals surface area contributed by atoms with Crippen molar-refractivity contribution in [1.82, 2.24) is 15.3 Å². The maximum atomic E-state index is 13.8. The number of nitrogens with two attached hydrogens (primary N) is 1. The van der Waals surface area contributed by atoms with E-state index in [1.54, 1.807) is 43.3 Å². The fourth-order valence-corrected chi connectivity index (χ4v) is 6.00. The summed E-state index contributed by atoms with van der Waals surface area (Å²) >= 11 is 6.36. The number of aliphatic hydroxyl groups is 1. The smallest absolute Gasteiger partial charge is 0.251 e. The van der Waals surface area contributed by atoms with Crippen LogP contribution >= 0.6 is 11.6 Å². The topological polar surface area (TPSA) is 137 Å². The molecule has 2 fully saturated rings. The Kier molecular flexibility index (Phi) is 6.98. The summed E-state index contributed by atoms with van der Waals surface area (Å²) in [5.74, 6) is -0.749. The molecule has 2 aromatic carbocycles. The van der Waals surface area contributed by atoms with Crippen molar-refractivity contribution < 1.29 is 28.6 Å². The zero-order valence-electron chi connectivity index (χ0n) is 24.8. The highest BCUT2D eigenvalue weighted by molar-refractivity contribution is 6.31. The van der Waals surface area contributed by atoms with E-state index < -0.39 is 28.6 Å². The molecule has 1 aliphatic heterocycles. The fourth-order valence-electron chi connectivity index (χ4n) is 5.84. The molecule has 2 atom stereocenters. The number of aromatic nitrogens is 2. The van der Waals surface area contributed by atoms with E-state index >= 15 is 0 Å². The molecular formula is C34H32ClFN4O5. The molecule has 2 aliphatic carbocycles. The monoisotopic (exact) mass is 630 g/mol. The number of aryl methyl sites for hydroxylation is 1. The van der Waals surface area contributed by atoms with Crippen LogP contribution in [-0.4, -0.2) is 46.1 Å². The lowest BCUT2D eigenvalue weighted by molar-refractivity contribution is -0.123. The second-order valence-corrected chi connectivity index (χ2v) is 12.9. The Morgan fingerprint density at radius 2 is 1.89 bits per heavy atom. The van der Waals surface area contributed by atoms with Crippen molar-refractivity contribution in [3.05, 3.63) is 81.9 Å². The Balaban J connectivity index is 1.26. The number of benzene rings is 2. The molecule has 2 aromatic heterocycles. The molecule has 3 aliphatic rings. The van der Waals surface area contributed by atoms with Crippen LogP contribution in [0.15, 0.2) is 48.5 Å². The van der Waals surface area contributed by atoms with Crippen LogP contribution in [0.25, 0.3) is 22.2 Å². The first kappa shape index (κ1) is 29.4. The Labute approximate surface area is 263 Å². The molecule has 4 N–H and O–H groups in total. The lowest BCUT2D eigenvalue weighted by Crippen LogP contribution is -2.44. The third kappa shape index (κ3) is 5.25. The lowest BCUT2D eigenvalue weighted by Gasteiger charge is -2.30. The van der Waals surface area contributed by atoms with Gasteiger partial charge in [-0.25, -0.2) is 14.4 Å². The van der Waals surface area contributed by atoms with E-state index in [9.17, 15) is 19.1 Å². The van der Waals surface area contributed by atoms with Crippen molar-refractivity contribution in [2.24, 2.45) is 11.7 Å².